The molecule has 0 unspecified atom stereocenters. The van der Waals surface area contributed by atoms with Crippen molar-refractivity contribution in [2.75, 3.05) is 0 Å². The smallest absolute Gasteiger partial charge is 0.0688 e. The quantitative estimate of drug-likeness (QED) is 0.765. The summed E-state index contributed by atoms with van der Waals surface area (Å²) in [6.07, 6.45) is 2.10. The highest BCUT2D eigenvalue weighted by atomic mass is 16.3. The van der Waals surface area contributed by atoms with E-state index >= 15 is 0 Å². The van der Waals surface area contributed by atoms with Gasteiger partial charge in [0.2, 0.25) is 0 Å². The molecule has 2 nitrogen and oxygen atoms in total. The first-order valence-electron chi connectivity index (χ1n) is 6.93. The zero-order valence-corrected chi connectivity index (χ0v) is 11.9. The number of rotatable bonds is 3. The van der Waals surface area contributed by atoms with Gasteiger partial charge in [0, 0.05) is 23.6 Å². The van der Waals surface area contributed by atoms with E-state index in [1.54, 1.807) is 0 Å². The molecule has 0 radical (unpaired) electrons. The van der Waals surface area contributed by atoms with Gasteiger partial charge in [-0.15, -0.1) is 0 Å². The van der Waals surface area contributed by atoms with Crippen LogP contribution < -0.4 is 0 Å². The minimum absolute atomic E-state index is 0.0883. The van der Waals surface area contributed by atoms with Gasteiger partial charge >= 0.3 is 0 Å². The van der Waals surface area contributed by atoms with E-state index in [2.05, 4.69) is 54.9 Å². The SMILES string of the molecule is Cc1ccc(Cn2ccc3c(CO)cccc32)cc1C. The zero-order valence-electron chi connectivity index (χ0n) is 11.9. The second-order valence-corrected chi connectivity index (χ2v) is 5.37. The van der Waals surface area contributed by atoms with E-state index in [0.717, 1.165) is 17.5 Å². The number of fused-ring (bicyclic) bond motifs is 1. The number of hydrogen-bond acceptors (Lipinski definition) is 1. The van der Waals surface area contributed by atoms with E-state index < -0.39 is 0 Å². The zero-order chi connectivity index (χ0) is 14.1. The molecule has 0 saturated carbocycles. The first kappa shape index (κ1) is 12.9. The molecule has 0 fully saturated rings. The molecule has 0 saturated heterocycles. The molecule has 3 rings (SSSR count). The largest absolute Gasteiger partial charge is 0.392 e. The van der Waals surface area contributed by atoms with E-state index in [1.165, 1.54) is 22.2 Å². The summed E-state index contributed by atoms with van der Waals surface area (Å²) in [7, 11) is 0. The highest BCUT2D eigenvalue weighted by molar-refractivity contribution is 5.83. The van der Waals surface area contributed by atoms with Crippen LogP contribution in [0.1, 0.15) is 22.3 Å². The van der Waals surface area contributed by atoms with Crippen molar-refractivity contribution in [3.63, 3.8) is 0 Å². The van der Waals surface area contributed by atoms with Crippen LogP contribution >= 0.6 is 0 Å². The fraction of sp³-hybridized carbons (Fsp3) is 0.222. The molecule has 0 aliphatic carbocycles. The second-order valence-electron chi connectivity index (χ2n) is 5.37. The normalized spacial score (nSPS) is 11.2. The maximum absolute atomic E-state index is 9.39. The summed E-state index contributed by atoms with van der Waals surface area (Å²) in [5, 5.41) is 10.5. The molecule has 3 aromatic rings. The highest BCUT2D eigenvalue weighted by Crippen LogP contribution is 2.22. The third-order valence-corrected chi connectivity index (χ3v) is 4.00. The van der Waals surface area contributed by atoms with E-state index in [1.807, 2.05) is 12.1 Å². The van der Waals surface area contributed by atoms with Crippen LogP contribution in [0.4, 0.5) is 0 Å². The van der Waals surface area contributed by atoms with Crippen LogP contribution in [0.5, 0.6) is 0 Å². The van der Waals surface area contributed by atoms with Crippen molar-refractivity contribution in [1.29, 1.82) is 0 Å². The number of aryl methyl sites for hydroxylation is 2. The first-order chi connectivity index (χ1) is 9.69. The third kappa shape index (κ3) is 2.23. The van der Waals surface area contributed by atoms with Crippen LogP contribution in [0.3, 0.4) is 0 Å². The molecule has 1 N–H and O–H groups in total. The van der Waals surface area contributed by atoms with Crippen LogP contribution in [0.2, 0.25) is 0 Å². The van der Waals surface area contributed by atoms with Crippen molar-refractivity contribution in [1.82, 2.24) is 4.57 Å². The summed E-state index contributed by atoms with van der Waals surface area (Å²) in [5.74, 6) is 0. The second kappa shape index (κ2) is 5.14. The summed E-state index contributed by atoms with van der Waals surface area (Å²) in [6.45, 7) is 5.23. The monoisotopic (exact) mass is 265 g/mol. The molecule has 0 atom stereocenters. The van der Waals surface area contributed by atoms with Gasteiger partial charge in [-0.25, -0.2) is 0 Å². The average Bonchev–Trinajstić information content (AvgIpc) is 2.86. The molecule has 102 valence electrons. The molecule has 0 amide bonds. The topological polar surface area (TPSA) is 25.2 Å². The third-order valence-electron chi connectivity index (χ3n) is 4.00. The van der Waals surface area contributed by atoms with Crippen molar-refractivity contribution in [3.8, 4) is 0 Å². The average molecular weight is 265 g/mol. The fourth-order valence-corrected chi connectivity index (χ4v) is 2.66. The summed E-state index contributed by atoms with van der Waals surface area (Å²) < 4.78 is 2.23. The lowest BCUT2D eigenvalue weighted by molar-refractivity contribution is 0.283. The van der Waals surface area contributed by atoms with Crippen molar-refractivity contribution < 1.29 is 5.11 Å². The molecule has 0 bridgehead atoms. The lowest BCUT2D eigenvalue weighted by Crippen LogP contribution is -1.99. The molecular weight excluding hydrogens is 246 g/mol. The maximum atomic E-state index is 9.39. The van der Waals surface area contributed by atoms with Gasteiger partial charge in [0.25, 0.3) is 0 Å². The predicted molar refractivity (Wildman–Crippen MR) is 82.9 cm³/mol. The van der Waals surface area contributed by atoms with E-state index in [0.29, 0.717) is 0 Å². The van der Waals surface area contributed by atoms with E-state index in [9.17, 15) is 5.11 Å². The van der Waals surface area contributed by atoms with Gasteiger partial charge in [0.15, 0.2) is 0 Å². The Hall–Kier alpha value is -2.06. The summed E-state index contributed by atoms with van der Waals surface area (Å²) >= 11 is 0. The Morgan fingerprint density at radius 1 is 1.00 bits per heavy atom. The van der Waals surface area contributed by atoms with Crippen LogP contribution in [0, 0.1) is 13.8 Å². The van der Waals surface area contributed by atoms with Crippen LogP contribution in [0.25, 0.3) is 10.9 Å². The van der Waals surface area contributed by atoms with Gasteiger partial charge in [-0.1, -0.05) is 30.3 Å². The van der Waals surface area contributed by atoms with Crippen molar-refractivity contribution in [2.45, 2.75) is 27.0 Å². The maximum Gasteiger partial charge on any atom is 0.0688 e. The van der Waals surface area contributed by atoms with E-state index in [4.69, 9.17) is 0 Å². The number of aliphatic hydroxyl groups excluding tert-OH is 1. The molecule has 1 heterocycles. The molecule has 1 aromatic heterocycles. The predicted octanol–water partition coefficient (Wildman–Crippen LogP) is 3.80. The molecule has 0 aliphatic rings. The standard InChI is InChI=1S/C18H19NO/c1-13-6-7-15(10-14(13)2)11-19-9-8-17-16(12-20)4-3-5-18(17)19/h3-10,20H,11-12H2,1-2H3. The van der Waals surface area contributed by atoms with Gasteiger partial charge in [-0.3, -0.25) is 0 Å². The summed E-state index contributed by atoms with van der Waals surface area (Å²) in [6, 6.07) is 14.8. The highest BCUT2D eigenvalue weighted by Gasteiger charge is 2.05. The minimum Gasteiger partial charge on any atom is -0.392 e. The molecular formula is C18H19NO. The van der Waals surface area contributed by atoms with Gasteiger partial charge < -0.3 is 9.67 Å². The lowest BCUT2D eigenvalue weighted by Gasteiger charge is -2.09. The van der Waals surface area contributed by atoms with E-state index in [-0.39, 0.29) is 6.61 Å². The molecule has 2 heteroatoms. The van der Waals surface area contributed by atoms with Gasteiger partial charge in [-0.2, -0.15) is 0 Å². The Balaban J connectivity index is 2.00. The Labute approximate surface area is 119 Å². The van der Waals surface area contributed by atoms with Gasteiger partial charge in [0.1, 0.15) is 0 Å². The molecule has 0 spiro atoms. The van der Waals surface area contributed by atoms with Gasteiger partial charge in [0.05, 0.1) is 6.61 Å². The molecule has 0 aliphatic heterocycles. The Morgan fingerprint density at radius 2 is 1.85 bits per heavy atom. The molecule has 2 aromatic carbocycles. The first-order valence-corrected chi connectivity index (χ1v) is 6.93. The fourth-order valence-electron chi connectivity index (χ4n) is 2.66. The van der Waals surface area contributed by atoms with Crippen LogP contribution in [-0.4, -0.2) is 9.67 Å². The number of aliphatic hydroxyl groups is 1. The van der Waals surface area contributed by atoms with Crippen molar-refractivity contribution >= 4 is 10.9 Å². The summed E-state index contributed by atoms with van der Waals surface area (Å²) in [5.41, 5.74) is 6.12. The lowest BCUT2D eigenvalue weighted by atomic mass is 10.1. The number of hydrogen-bond donors (Lipinski definition) is 1. The van der Waals surface area contributed by atoms with Gasteiger partial charge in [-0.05, 0) is 48.2 Å². The Kier molecular flexibility index (Phi) is 3.33. The Bertz CT molecular complexity index is 755. The minimum atomic E-state index is 0.0883. The number of aromatic nitrogens is 1. The Morgan fingerprint density at radius 3 is 2.60 bits per heavy atom. The van der Waals surface area contributed by atoms with Crippen LogP contribution in [-0.2, 0) is 13.2 Å². The molecule has 20 heavy (non-hydrogen) atoms. The van der Waals surface area contributed by atoms with Crippen molar-refractivity contribution in [3.05, 3.63) is 70.9 Å². The number of benzene rings is 2. The number of nitrogens with zero attached hydrogens (tertiary/aromatic N) is 1. The van der Waals surface area contributed by atoms with Crippen LogP contribution in [0.15, 0.2) is 48.7 Å². The summed E-state index contributed by atoms with van der Waals surface area (Å²) in [4.78, 5) is 0. The van der Waals surface area contributed by atoms with Crippen molar-refractivity contribution in [2.24, 2.45) is 0 Å².